The molecule has 0 aliphatic carbocycles. The molecule has 1 amide bonds. The molecule has 0 saturated carbocycles. The Morgan fingerprint density at radius 3 is 2.75 bits per heavy atom. The first kappa shape index (κ1) is 29.2. The normalized spacial score (nSPS) is 15.6. The first-order valence-corrected chi connectivity index (χ1v) is 14.7. The second-order valence-corrected chi connectivity index (χ2v) is 11.5. The number of aryl methyl sites for hydroxylation is 1. The molecule has 0 unspecified atom stereocenters. The minimum absolute atomic E-state index is 0.0180. The molecule has 10 nitrogen and oxygen atoms in total. The number of carbonyl (C=O) groups excluding carboxylic acids is 1. The molecular formula is C33H36FN9O. The first-order valence-electron chi connectivity index (χ1n) is 14.7. The number of aromatic nitrogens is 5. The van der Waals surface area contributed by atoms with Crippen LogP contribution >= 0.6 is 0 Å². The summed E-state index contributed by atoms with van der Waals surface area (Å²) in [5, 5.41) is 7.83. The number of benzene rings is 2. The second kappa shape index (κ2) is 12.4. The van der Waals surface area contributed by atoms with E-state index in [1.807, 2.05) is 78.3 Å². The van der Waals surface area contributed by atoms with Gasteiger partial charge in [0.25, 0.3) is 0 Å². The SMILES string of the molecule is Cc1cc(Nc2ncnc3ccc(N4CCN(C(=O)/C=C/CN(C)C)[C@H](C)C4)c(F)c23)ccc1Cc1ccn2ncnc2c1. The average molecular weight is 594 g/mol. The van der Waals surface area contributed by atoms with Crippen LogP contribution in [0.5, 0.6) is 0 Å². The molecule has 0 radical (unpaired) electrons. The third-order valence-corrected chi connectivity index (χ3v) is 8.05. The molecule has 1 aliphatic rings. The van der Waals surface area contributed by atoms with Gasteiger partial charge >= 0.3 is 0 Å². The Morgan fingerprint density at radius 2 is 1.95 bits per heavy atom. The van der Waals surface area contributed by atoms with Crippen LogP contribution in [0.25, 0.3) is 16.6 Å². The molecule has 44 heavy (non-hydrogen) atoms. The number of pyridine rings is 1. The van der Waals surface area contributed by atoms with Crippen molar-refractivity contribution in [1.29, 1.82) is 0 Å². The fraction of sp³-hybridized carbons (Fsp3) is 0.303. The Morgan fingerprint density at radius 1 is 1.09 bits per heavy atom. The van der Waals surface area contributed by atoms with Gasteiger partial charge in [0.2, 0.25) is 5.91 Å². The van der Waals surface area contributed by atoms with E-state index in [9.17, 15) is 4.79 Å². The van der Waals surface area contributed by atoms with Crippen LogP contribution in [-0.2, 0) is 11.2 Å². The van der Waals surface area contributed by atoms with Gasteiger partial charge in [-0.25, -0.2) is 23.9 Å². The lowest BCUT2D eigenvalue weighted by molar-refractivity contribution is -0.128. The summed E-state index contributed by atoms with van der Waals surface area (Å²) in [5.41, 5.74) is 6.06. The molecule has 1 N–H and O–H groups in total. The van der Waals surface area contributed by atoms with Gasteiger partial charge in [-0.05, 0) is 87.5 Å². The summed E-state index contributed by atoms with van der Waals surface area (Å²) >= 11 is 0. The minimum Gasteiger partial charge on any atom is -0.365 e. The van der Waals surface area contributed by atoms with Crippen molar-refractivity contribution in [3.63, 3.8) is 0 Å². The molecule has 6 rings (SSSR count). The standard InChI is InChI=1S/C33H36FN9O/c1-22-16-26(8-7-25(22)17-24-11-13-43-29(18-24)36-21-38-43)39-33-31-27(35-20-37-33)9-10-28(32(31)34)41-14-15-42(23(2)19-41)30(44)6-5-12-40(3)4/h5-11,13,16,18,20-21,23H,12,14-15,17,19H2,1-4H3,(H,35,37,39)/b6-5+/t23-/m1/s1. The van der Waals surface area contributed by atoms with Gasteiger partial charge in [-0.3, -0.25) is 4.79 Å². The van der Waals surface area contributed by atoms with Gasteiger partial charge in [-0.2, -0.15) is 5.10 Å². The zero-order valence-corrected chi connectivity index (χ0v) is 25.4. The van der Waals surface area contributed by atoms with E-state index in [0.717, 1.165) is 28.9 Å². The lowest BCUT2D eigenvalue weighted by Gasteiger charge is -2.40. The summed E-state index contributed by atoms with van der Waals surface area (Å²) in [6.45, 7) is 6.33. The molecule has 2 aromatic carbocycles. The number of likely N-dealkylation sites (N-methyl/N-ethyl adjacent to an activating group) is 1. The maximum atomic E-state index is 16.2. The van der Waals surface area contributed by atoms with E-state index >= 15 is 4.39 Å². The third-order valence-electron chi connectivity index (χ3n) is 8.05. The van der Waals surface area contributed by atoms with Crippen molar-refractivity contribution in [2.24, 2.45) is 0 Å². The first-order chi connectivity index (χ1) is 21.3. The second-order valence-electron chi connectivity index (χ2n) is 11.5. The van der Waals surface area contributed by atoms with Crippen molar-refractivity contribution in [3.05, 3.63) is 96.0 Å². The van der Waals surface area contributed by atoms with E-state index in [4.69, 9.17) is 0 Å². The van der Waals surface area contributed by atoms with Crippen LogP contribution in [-0.4, -0.2) is 86.6 Å². The van der Waals surface area contributed by atoms with Crippen LogP contribution in [0, 0.1) is 12.7 Å². The van der Waals surface area contributed by atoms with Crippen LogP contribution in [0.4, 0.5) is 21.6 Å². The molecule has 1 atom stereocenters. The van der Waals surface area contributed by atoms with Crippen molar-refractivity contribution in [2.45, 2.75) is 26.3 Å². The van der Waals surface area contributed by atoms with Crippen molar-refractivity contribution in [2.75, 3.05) is 50.5 Å². The summed E-state index contributed by atoms with van der Waals surface area (Å²) < 4.78 is 18.0. The summed E-state index contributed by atoms with van der Waals surface area (Å²) in [6, 6.07) is 13.7. The number of hydrogen-bond donors (Lipinski definition) is 1. The van der Waals surface area contributed by atoms with E-state index in [1.165, 1.54) is 11.9 Å². The zero-order chi connectivity index (χ0) is 30.8. The summed E-state index contributed by atoms with van der Waals surface area (Å²) in [5.74, 6) is 0.0166. The van der Waals surface area contributed by atoms with Gasteiger partial charge in [0.05, 0.1) is 16.6 Å². The lowest BCUT2D eigenvalue weighted by Crippen LogP contribution is -2.54. The fourth-order valence-electron chi connectivity index (χ4n) is 5.70. The maximum Gasteiger partial charge on any atom is 0.246 e. The highest BCUT2D eigenvalue weighted by atomic mass is 19.1. The molecule has 3 aromatic heterocycles. The molecule has 0 spiro atoms. The Bertz CT molecular complexity index is 1850. The van der Waals surface area contributed by atoms with Crippen LogP contribution in [0.3, 0.4) is 0 Å². The van der Waals surface area contributed by atoms with Crippen molar-refractivity contribution in [3.8, 4) is 0 Å². The summed E-state index contributed by atoms with van der Waals surface area (Å²) in [6.07, 6.45) is 9.16. The Labute approximate surface area is 255 Å². The summed E-state index contributed by atoms with van der Waals surface area (Å²) in [7, 11) is 3.92. The summed E-state index contributed by atoms with van der Waals surface area (Å²) in [4.78, 5) is 31.6. The number of halogens is 1. The van der Waals surface area contributed by atoms with Crippen molar-refractivity contribution >= 4 is 39.6 Å². The van der Waals surface area contributed by atoms with Gasteiger partial charge in [-0.1, -0.05) is 12.1 Å². The van der Waals surface area contributed by atoms with E-state index in [1.54, 1.807) is 23.0 Å². The van der Waals surface area contributed by atoms with Gasteiger partial charge in [0.15, 0.2) is 11.5 Å². The molecule has 226 valence electrons. The van der Waals surface area contributed by atoms with E-state index in [2.05, 4.69) is 38.4 Å². The number of piperazine rings is 1. The largest absolute Gasteiger partial charge is 0.365 e. The number of hydrogen-bond acceptors (Lipinski definition) is 8. The van der Waals surface area contributed by atoms with Crippen LogP contribution in [0.2, 0.25) is 0 Å². The van der Waals surface area contributed by atoms with Gasteiger partial charge in [0, 0.05) is 50.2 Å². The molecular weight excluding hydrogens is 557 g/mol. The van der Waals surface area contributed by atoms with Crippen LogP contribution in [0.15, 0.2) is 73.5 Å². The van der Waals surface area contributed by atoms with Crippen molar-refractivity contribution in [1.82, 2.24) is 34.4 Å². The van der Waals surface area contributed by atoms with Gasteiger partial charge < -0.3 is 20.0 Å². The predicted octanol–water partition coefficient (Wildman–Crippen LogP) is 4.61. The quantitative estimate of drug-likeness (QED) is 0.261. The molecule has 4 heterocycles. The van der Waals surface area contributed by atoms with Gasteiger partial charge in [0.1, 0.15) is 18.5 Å². The van der Waals surface area contributed by atoms with Crippen LogP contribution < -0.4 is 10.2 Å². The number of rotatable bonds is 8. The van der Waals surface area contributed by atoms with E-state index in [-0.39, 0.29) is 17.8 Å². The number of fused-ring (bicyclic) bond motifs is 2. The monoisotopic (exact) mass is 593 g/mol. The topological polar surface area (TPSA) is 94.8 Å². The highest BCUT2D eigenvalue weighted by Crippen LogP contribution is 2.33. The molecule has 0 bridgehead atoms. The molecule has 1 fully saturated rings. The Balaban J connectivity index is 1.20. The van der Waals surface area contributed by atoms with Crippen LogP contribution in [0.1, 0.15) is 23.6 Å². The third kappa shape index (κ3) is 6.09. The number of carbonyl (C=O) groups is 1. The van der Waals surface area contributed by atoms with E-state index < -0.39 is 0 Å². The number of amides is 1. The van der Waals surface area contributed by atoms with Gasteiger partial charge in [-0.15, -0.1) is 0 Å². The number of anilines is 3. The molecule has 5 aromatic rings. The fourth-order valence-corrected chi connectivity index (χ4v) is 5.70. The lowest BCUT2D eigenvalue weighted by atomic mass is 10.0. The number of nitrogens with one attached hydrogen (secondary N) is 1. The smallest absolute Gasteiger partial charge is 0.246 e. The highest BCUT2D eigenvalue weighted by molar-refractivity contribution is 5.94. The minimum atomic E-state index is -0.374. The van der Waals surface area contributed by atoms with E-state index in [0.29, 0.717) is 48.6 Å². The Hall–Kier alpha value is -4.90. The Kier molecular flexibility index (Phi) is 8.21. The number of nitrogens with zero attached hydrogens (tertiary/aromatic N) is 8. The zero-order valence-electron chi connectivity index (χ0n) is 25.4. The average Bonchev–Trinajstić information content (AvgIpc) is 3.46. The molecule has 1 aliphatic heterocycles. The predicted molar refractivity (Wildman–Crippen MR) is 171 cm³/mol. The molecule has 11 heteroatoms. The van der Waals surface area contributed by atoms with Crippen molar-refractivity contribution < 1.29 is 9.18 Å². The highest BCUT2D eigenvalue weighted by Gasteiger charge is 2.28. The maximum absolute atomic E-state index is 16.2. The molecule has 1 saturated heterocycles.